The van der Waals surface area contributed by atoms with Crippen molar-refractivity contribution in [2.24, 2.45) is 11.8 Å². The Morgan fingerprint density at radius 3 is 2.57 bits per heavy atom. The van der Waals surface area contributed by atoms with Crippen molar-refractivity contribution < 1.29 is 22.8 Å². The molecule has 4 rings (SSSR count). The lowest BCUT2D eigenvalue weighted by Gasteiger charge is -2.29. The number of benzene rings is 2. The molecule has 0 saturated carbocycles. The van der Waals surface area contributed by atoms with Gasteiger partial charge in [-0.25, -0.2) is 18.2 Å². The molecule has 2 unspecified atom stereocenters. The molecule has 2 heterocycles. The molecule has 1 aliphatic rings. The quantitative estimate of drug-likeness (QED) is 0.547. The predicted octanol–water partition coefficient (Wildman–Crippen LogP) is 3.91. The van der Waals surface area contributed by atoms with E-state index in [4.69, 9.17) is 0 Å². The average Bonchev–Trinajstić information content (AvgIpc) is 3.20. The topological polar surface area (TPSA) is 66.1 Å². The highest BCUT2D eigenvalue weighted by molar-refractivity contribution is 6.45. The van der Waals surface area contributed by atoms with Crippen molar-refractivity contribution in [3.8, 4) is 0 Å². The molecule has 1 N–H and O–H groups in total. The number of imidazole rings is 1. The van der Waals surface area contributed by atoms with Gasteiger partial charge in [-0.3, -0.25) is 14.5 Å². The van der Waals surface area contributed by atoms with E-state index in [9.17, 15) is 22.8 Å². The van der Waals surface area contributed by atoms with E-state index < -0.39 is 41.1 Å². The third-order valence-corrected chi connectivity index (χ3v) is 5.09. The summed E-state index contributed by atoms with van der Waals surface area (Å²) >= 11 is 0. The van der Waals surface area contributed by atoms with Crippen LogP contribution >= 0.6 is 0 Å². The number of rotatable bonds is 3. The van der Waals surface area contributed by atoms with E-state index in [2.05, 4.69) is 9.97 Å². The van der Waals surface area contributed by atoms with Crippen LogP contribution in [0.15, 0.2) is 36.7 Å². The third kappa shape index (κ3) is 2.67. The second-order valence-corrected chi connectivity index (χ2v) is 7.15. The number of fused-ring (bicyclic) bond motifs is 1. The lowest BCUT2D eigenvalue weighted by Crippen LogP contribution is -2.31. The number of amides is 1. The van der Waals surface area contributed by atoms with Gasteiger partial charge in [-0.05, 0) is 30.2 Å². The van der Waals surface area contributed by atoms with Crippen molar-refractivity contribution in [3.63, 3.8) is 0 Å². The number of hydrogen-bond donors (Lipinski definition) is 1. The molecule has 28 heavy (non-hydrogen) atoms. The molecule has 2 aromatic carbocycles. The Bertz CT molecular complexity index is 1110. The summed E-state index contributed by atoms with van der Waals surface area (Å²) in [7, 11) is 0. The van der Waals surface area contributed by atoms with Crippen molar-refractivity contribution in [2.75, 3.05) is 4.90 Å². The molecular weight excluding hydrogens is 371 g/mol. The minimum atomic E-state index is -1.37. The van der Waals surface area contributed by atoms with E-state index in [0.717, 1.165) is 11.0 Å². The Balaban J connectivity index is 1.94. The molecule has 144 valence electrons. The Labute approximate surface area is 158 Å². The molecule has 1 aromatic heterocycles. The first-order valence-corrected chi connectivity index (χ1v) is 8.74. The van der Waals surface area contributed by atoms with Crippen LogP contribution in [0.2, 0.25) is 0 Å². The molecule has 1 saturated heterocycles. The maximum Gasteiger partial charge on any atom is 0.295 e. The summed E-state index contributed by atoms with van der Waals surface area (Å²) in [6.45, 7) is 3.41. The van der Waals surface area contributed by atoms with E-state index in [1.54, 1.807) is 32.0 Å². The van der Waals surface area contributed by atoms with E-state index in [0.29, 0.717) is 22.8 Å². The van der Waals surface area contributed by atoms with Gasteiger partial charge in [0.15, 0.2) is 11.6 Å². The number of aromatic nitrogens is 2. The Hall–Kier alpha value is -3.16. The van der Waals surface area contributed by atoms with Crippen molar-refractivity contribution in [1.82, 2.24) is 9.97 Å². The van der Waals surface area contributed by atoms with Crippen molar-refractivity contribution in [1.29, 1.82) is 0 Å². The first-order chi connectivity index (χ1) is 13.3. The van der Waals surface area contributed by atoms with Crippen LogP contribution in [0, 0.1) is 29.3 Å². The fourth-order valence-corrected chi connectivity index (χ4v) is 3.83. The van der Waals surface area contributed by atoms with Gasteiger partial charge in [0.1, 0.15) is 5.82 Å². The number of aromatic amines is 1. The van der Waals surface area contributed by atoms with Crippen LogP contribution < -0.4 is 4.90 Å². The van der Waals surface area contributed by atoms with Crippen LogP contribution in [0.3, 0.4) is 0 Å². The molecule has 1 aliphatic heterocycles. The van der Waals surface area contributed by atoms with E-state index in [1.165, 1.54) is 6.33 Å². The molecular formula is C20H16F3N3O2. The van der Waals surface area contributed by atoms with E-state index in [-0.39, 0.29) is 11.5 Å². The maximum atomic E-state index is 14.6. The summed E-state index contributed by atoms with van der Waals surface area (Å²) in [5.74, 6) is -6.47. The summed E-state index contributed by atoms with van der Waals surface area (Å²) in [5, 5.41) is 0. The highest BCUT2D eigenvalue weighted by Gasteiger charge is 2.51. The van der Waals surface area contributed by atoms with Gasteiger partial charge in [-0.2, -0.15) is 0 Å². The van der Waals surface area contributed by atoms with Crippen LogP contribution in [-0.4, -0.2) is 21.7 Å². The van der Waals surface area contributed by atoms with Gasteiger partial charge in [0, 0.05) is 17.3 Å². The number of anilines is 1. The van der Waals surface area contributed by atoms with Crippen LogP contribution in [-0.2, 0) is 9.59 Å². The van der Waals surface area contributed by atoms with Gasteiger partial charge in [0.05, 0.1) is 29.3 Å². The predicted molar refractivity (Wildman–Crippen MR) is 96.0 cm³/mol. The SMILES string of the molecule is CC(C)C1C(=O)C(=O)N(c2ccc3nc[nH]c3c2)C1c1cc(F)cc(F)c1F. The zero-order valence-electron chi connectivity index (χ0n) is 15.0. The standard InChI is InChI=1S/C20H16F3N3O2/c1-9(2)16-18(12-5-10(21)6-13(22)17(12)23)26(20(28)19(16)27)11-3-4-14-15(7-11)25-8-24-14/h3-9,16,18H,1-2H3,(H,24,25). The monoisotopic (exact) mass is 387 g/mol. The molecule has 1 fully saturated rings. The van der Waals surface area contributed by atoms with Gasteiger partial charge in [0.25, 0.3) is 5.91 Å². The number of H-pyrrole nitrogens is 1. The van der Waals surface area contributed by atoms with Gasteiger partial charge in [0.2, 0.25) is 5.78 Å². The molecule has 2 atom stereocenters. The largest absolute Gasteiger partial charge is 0.345 e. The Morgan fingerprint density at radius 1 is 1.11 bits per heavy atom. The Kier molecular flexibility index (Phi) is 4.21. The second kappa shape index (κ2) is 6.47. The lowest BCUT2D eigenvalue weighted by molar-refractivity contribution is -0.136. The van der Waals surface area contributed by atoms with Crippen molar-refractivity contribution in [3.05, 3.63) is 59.7 Å². The third-order valence-electron chi connectivity index (χ3n) is 5.09. The molecule has 8 heteroatoms. The van der Waals surface area contributed by atoms with Crippen LogP contribution in [0.5, 0.6) is 0 Å². The molecule has 5 nitrogen and oxygen atoms in total. The zero-order chi connectivity index (χ0) is 20.2. The number of hydrogen-bond acceptors (Lipinski definition) is 3. The number of ketones is 1. The number of carbonyl (C=O) groups excluding carboxylic acids is 2. The highest BCUT2D eigenvalue weighted by Crippen LogP contribution is 2.44. The smallest absolute Gasteiger partial charge is 0.295 e. The molecule has 1 amide bonds. The molecule has 0 bridgehead atoms. The number of halogens is 3. The summed E-state index contributed by atoms with van der Waals surface area (Å²) in [4.78, 5) is 33.6. The molecule has 0 radical (unpaired) electrons. The van der Waals surface area contributed by atoms with Crippen LogP contribution in [0.4, 0.5) is 18.9 Å². The summed E-state index contributed by atoms with van der Waals surface area (Å²) in [5.41, 5.74) is 1.20. The lowest BCUT2D eigenvalue weighted by atomic mass is 9.84. The Morgan fingerprint density at radius 2 is 1.86 bits per heavy atom. The average molecular weight is 387 g/mol. The van der Waals surface area contributed by atoms with Gasteiger partial charge < -0.3 is 4.98 Å². The van der Waals surface area contributed by atoms with Crippen LogP contribution in [0.1, 0.15) is 25.5 Å². The summed E-state index contributed by atoms with van der Waals surface area (Å²) in [6, 6.07) is 4.91. The summed E-state index contributed by atoms with van der Waals surface area (Å²) in [6.07, 6.45) is 1.47. The molecule has 0 aliphatic carbocycles. The first-order valence-electron chi connectivity index (χ1n) is 8.74. The maximum absolute atomic E-state index is 14.6. The summed E-state index contributed by atoms with van der Waals surface area (Å²) < 4.78 is 42.4. The van der Waals surface area contributed by atoms with Crippen LogP contribution in [0.25, 0.3) is 11.0 Å². The van der Waals surface area contributed by atoms with Gasteiger partial charge in [-0.15, -0.1) is 0 Å². The highest BCUT2D eigenvalue weighted by atomic mass is 19.2. The molecule has 0 spiro atoms. The number of Topliss-reactive ketones (excluding diaryl/α,β-unsaturated/α-hetero) is 1. The first kappa shape index (κ1) is 18.2. The molecule has 3 aromatic rings. The number of nitrogens with zero attached hydrogens (tertiary/aromatic N) is 2. The fraction of sp³-hybridized carbons (Fsp3) is 0.250. The van der Waals surface area contributed by atoms with E-state index in [1.807, 2.05) is 0 Å². The van der Waals surface area contributed by atoms with Crippen molar-refractivity contribution >= 4 is 28.4 Å². The zero-order valence-corrected chi connectivity index (χ0v) is 15.0. The second-order valence-electron chi connectivity index (χ2n) is 7.15. The normalized spacial score (nSPS) is 20.0. The number of nitrogens with one attached hydrogen (secondary N) is 1. The minimum Gasteiger partial charge on any atom is -0.345 e. The van der Waals surface area contributed by atoms with Gasteiger partial charge >= 0.3 is 0 Å². The fourth-order valence-electron chi connectivity index (χ4n) is 3.83. The number of carbonyl (C=O) groups is 2. The van der Waals surface area contributed by atoms with E-state index >= 15 is 0 Å². The minimum absolute atomic E-state index is 0.312. The van der Waals surface area contributed by atoms with Crippen molar-refractivity contribution in [2.45, 2.75) is 19.9 Å². The van der Waals surface area contributed by atoms with Gasteiger partial charge in [-0.1, -0.05) is 13.8 Å².